The van der Waals surface area contributed by atoms with Crippen molar-refractivity contribution in [1.82, 2.24) is 14.5 Å². The molecule has 36 heavy (non-hydrogen) atoms. The topological polar surface area (TPSA) is 121 Å². The summed E-state index contributed by atoms with van der Waals surface area (Å²) in [5, 5.41) is 3.62. The summed E-state index contributed by atoms with van der Waals surface area (Å²) in [6, 6.07) is 12.4. The van der Waals surface area contributed by atoms with E-state index in [4.69, 9.17) is 26.8 Å². The number of amides is 1. The number of hydrogen-bond donors (Lipinski definition) is 2. The maximum atomic E-state index is 13.7. The van der Waals surface area contributed by atoms with E-state index in [0.29, 0.717) is 52.3 Å². The Balaban J connectivity index is 1.77. The summed E-state index contributed by atoms with van der Waals surface area (Å²) in [7, 11) is 3.02. The van der Waals surface area contributed by atoms with Gasteiger partial charge < -0.3 is 20.5 Å². The quantitative estimate of drug-likeness (QED) is 0.346. The molecule has 10 heteroatoms. The Morgan fingerprint density at radius 1 is 1.17 bits per heavy atom. The highest BCUT2D eigenvalue weighted by Crippen LogP contribution is 2.38. The minimum absolute atomic E-state index is 0.0618. The number of pyridine rings is 1. The Morgan fingerprint density at radius 2 is 1.92 bits per heavy atom. The van der Waals surface area contributed by atoms with Crippen LogP contribution in [0.4, 0.5) is 11.6 Å². The number of carbonyl (C=O) groups is 1. The highest BCUT2D eigenvalue weighted by Gasteiger charge is 2.19. The summed E-state index contributed by atoms with van der Waals surface area (Å²) in [6.45, 7) is 3.76. The molecule has 2 heterocycles. The number of ether oxygens (including phenoxy) is 2. The lowest BCUT2D eigenvalue weighted by Gasteiger charge is -2.15. The number of methoxy groups -OCH3 is 2. The number of aryl methyl sites for hydroxylation is 2. The van der Waals surface area contributed by atoms with Crippen LogP contribution in [0.15, 0.2) is 66.1 Å². The van der Waals surface area contributed by atoms with E-state index in [1.807, 2.05) is 12.1 Å². The molecular weight excluding hydrogens is 482 g/mol. The number of benzene rings is 2. The van der Waals surface area contributed by atoms with Crippen LogP contribution >= 0.6 is 11.6 Å². The molecule has 2 aromatic carbocycles. The number of anilines is 2. The molecule has 0 saturated carbocycles. The third kappa shape index (κ3) is 5.01. The third-order valence-corrected chi connectivity index (χ3v) is 6.02. The van der Waals surface area contributed by atoms with Gasteiger partial charge in [0.05, 0.1) is 19.2 Å². The second-order valence-corrected chi connectivity index (χ2v) is 8.23. The molecule has 0 aliphatic heterocycles. The minimum Gasteiger partial charge on any atom is -0.497 e. The molecular formula is C26H24ClN5O4. The van der Waals surface area contributed by atoms with E-state index in [1.54, 1.807) is 41.1 Å². The second kappa shape index (κ2) is 10.5. The monoisotopic (exact) mass is 505 g/mol. The minimum atomic E-state index is -0.298. The van der Waals surface area contributed by atoms with Gasteiger partial charge in [-0.2, -0.15) is 4.98 Å². The van der Waals surface area contributed by atoms with Crippen LogP contribution in [0.1, 0.15) is 5.56 Å². The average molecular weight is 506 g/mol. The molecule has 0 radical (unpaired) electrons. The van der Waals surface area contributed by atoms with E-state index in [0.717, 1.165) is 5.56 Å². The van der Waals surface area contributed by atoms with Crippen LogP contribution in [0.5, 0.6) is 11.5 Å². The summed E-state index contributed by atoms with van der Waals surface area (Å²) in [5.41, 5.74) is 8.37. The van der Waals surface area contributed by atoms with Crippen molar-refractivity contribution in [3.8, 4) is 22.6 Å². The molecule has 1 amide bonds. The number of halogens is 1. The second-order valence-electron chi connectivity index (χ2n) is 7.85. The molecule has 0 atom stereocenters. The first-order valence-electron chi connectivity index (χ1n) is 10.9. The number of rotatable bonds is 8. The molecule has 0 aliphatic carbocycles. The van der Waals surface area contributed by atoms with Crippen LogP contribution in [-0.4, -0.2) is 34.7 Å². The molecule has 3 N–H and O–H groups in total. The van der Waals surface area contributed by atoms with Crippen molar-refractivity contribution >= 4 is 40.2 Å². The largest absolute Gasteiger partial charge is 0.497 e. The summed E-state index contributed by atoms with van der Waals surface area (Å²) in [4.78, 5) is 33.7. The van der Waals surface area contributed by atoms with Crippen molar-refractivity contribution in [1.29, 1.82) is 0 Å². The van der Waals surface area contributed by atoms with Gasteiger partial charge in [0, 0.05) is 41.0 Å². The van der Waals surface area contributed by atoms with Gasteiger partial charge in [-0.05, 0) is 42.3 Å². The number of nitrogens with one attached hydrogen (secondary N) is 1. The van der Waals surface area contributed by atoms with Gasteiger partial charge in [0.15, 0.2) is 0 Å². The highest BCUT2D eigenvalue weighted by atomic mass is 35.5. The van der Waals surface area contributed by atoms with E-state index in [1.165, 1.54) is 20.3 Å². The normalized spacial score (nSPS) is 10.8. The molecule has 2 aromatic heterocycles. The fourth-order valence-corrected chi connectivity index (χ4v) is 4.08. The van der Waals surface area contributed by atoms with Crippen LogP contribution in [0.25, 0.3) is 22.2 Å². The van der Waals surface area contributed by atoms with Crippen molar-refractivity contribution in [2.45, 2.75) is 13.0 Å². The Kier molecular flexibility index (Phi) is 7.21. The third-order valence-electron chi connectivity index (χ3n) is 5.64. The Morgan fingerprint density at radius 3 is 2.58 bits per heavy atom. The number of fused-ring (bicyclic) bond motifs is 1. The zero-order valence-electron chi connectivity index (χ0n) is 19.7. The molecule has 0 fully saturated rings. The Labute approximate surface area is 212 Å². The van der Waals surface area contributed by atoms with Crippen molar-refractivity contribution in [2.75, 3.05) is 25.3 Å². The molecule has 184 valence electrons. The van der Waals surface area contributed by atoms with Gasteiger partial charge in [0.2, 0.25) is 11.9 Å². The molecule has 4 aromatic rings. The maximum absolute atomic E-state index is 13.7. The van der Waals surface area contributed by atoms with Gasteiger partial charge in [-0.3, -0.25) is 14.2 Å². The summed E-state index contributed by atoms with van der Waals surface area (Å²) in [6.07, 6.45) is 3.29. The van der Waals surface area contributed by atoms with Gasteiger partial charge in [-0.25, -0.2) is 4.98 Å². The van der Waals surface area contributed by atoms with Gasteiger partial charge in [-0.1, -0.05) is 30.3 Å². The number of nitrogens with two attached hydrogens (primary N) is 1. The first-order valence-corrected chi connectivity index (χ1v) is 11.3. The Bertz CT molecular complexity index is 1520. The van der Waals surface area contributed by atoms with Gasteiger partial charge in [0.25, 0.3) is 5.56 Å². The molecule has 0 spiro atoms. The molecule has 0 aliphatic rings. The number of carbonyl (C=O) groups excluding carboxylic acids is 1. The summed E-state index contributed by atoms with van der Waals surface area (Å²) in [5.74, 6) is 0.651. The fraction of sp³-hybridized carbons (Fsp3) is 0.154. The van der Waals surface area contributed by atoms with Crippen molar-refractivity contribution < 1.29 is 14.3 Å². The Hall–Kier alpha value is -4.37. The molecule has 9 nitrogen and oxygen atoms in total. The van der Waals surface area contributed by atoms with E-state index in [2.05, 4.69) is 21.9 Å². The summed E-state index contributed by atoms with van der Waals surface area (Å²) < 4.78 is 12.3. The van der Waals surface area contributed by atoms with E-state index in [-0.39, 0.29) is 22.4 Å². The zero-order chi connectivity index (χ0) is 25.8. The maximum Gasteiger partial charge on any atom is 0.260 e. The van der Waals surface area contributed by atoms with Crippen molar-refractivity contribution in [3.05, 3.63) is 82.3 Å². The van der Waals surface area contributed by atoms with Crippen molar-refractivity contribution in [3.63, 3.8) is 0 Å². The molecule has 0 saturated heterocycles. The van der Waals surface area contributed by atoms with E-state index >= 15 is 0 Å². The molecule has 4 rings (SSSR count). The smallest absolute Gasteiger partial charge is 0.260 e. The number of nitrogen functional groups attached to an aromatic ring is 1. The lowest BCUT2D eigenvalue weighted by molar-refractivity contribution is -0.111. The SMILES string of the molecule is C=CC(=O)Nc1ccc(CCn2c(=O)c(-c3cc(OC)cc(OC)c3Cl)cc3cnc(N)nc32)cc1. The molecule has 0 unspecified atom stereocenters. The molecule has 0 bridgehead atoms. The van der Waals surface area contributed by atoms with E-state index < -0.39 is 0 Å². The predicted molar refractivity (Wildman–Crippen MR) is 141 cm³/mol. The van der Waals surface area contributed by atoms with Crippen LogP contribution in [0, 0.1) is 0 Å². The van der Waals surface area contributed by atoms with Crippen LogP contribution in [-0.2, 0) is 17.8 Å². The van der Waals surface area contributed by atoms with Gasteiger partial charge in [0.1, 0.15) is 17.1 Å². The fourth-order valence-electron chi connectivity index (χ4n) is 3.80. The number of aromatic nitrogens is 3. The first-order chi connectivity index (χ1) is 17.3. The van der Waals surface area contributed by atoms with E-state index in [9.17, 15) is 9.59 Å². The standard InChI is InChI=1S/C26H24ClN5O4/c1-4-22(33)30-17-7-5-15(6-8-17)9-10-32-24-16(14-29-26(28)31-24)11-20(25(32)34)19-12-18(35-2)13-21(36-3)23(19)27/h4-8,11-14H,1,9-10H2,2-3H3,(H,30,33)(H2,28,29,31). The van der Waals surface area contributed by atoms with Crippen LogP contribution in [0.2, 0.25) is 5.02 Å². The number of hydrogen-bond acceptors (Lipinski definition) is 7. The first kappa shape index (κ1) is 24.7. The highest BCUT2D eigenvalue weighted by molar-refractivity contribution is 6.35. The van der Waals surface area contributed by atoms with Gasteiger partial charge >= 0.3 is 0 Å². The predicted octanol–water partition coefficient (Wildman–Crippen LogP) is 4.08. The van der Waals surface area contributed by atoms with Crippen LogP contribution < -0.4 is 26.1 Å². The number of nitrogens with zero attached hydrogens (tertiary/aromatic N) is 3. The average Bonchev–Trinajstić information content (AvgIpc) is 2.89. The van der Waals surface area contributed by atoms with Crippen LogP contribution in [0.3, 0.4) is 0 Å². The van der Waals surface area contributed by atoms with Crippen molar-refractivity contribution in [2.24, 2.45) is 0 Å². The lowest BCUT2D eigenvalue weighted by Crippen LogP contribution is -2.24. The zero-order valence-corrected chi connectivity index (χ0v) is 20.5. The summed E-state index contributed by atoms with van der Waals surface area (Å²) >= 11 is 6.59. The lowest BCUT2D eigenvalue weighted by atomic mass is 10.0. The van der Waals surface area contributed by atoms with Gasteiger partial charge in [-0.15, -0.1) is 0 Å².